The van der Waals surface area contributed by atoms with E-state index in [1.807, 2.05) is 0 Å². The topological polar surface area (TPSA) is 53.5 Å². The molecule has 8 heteroatoms. The number of alkyl halides is 3. The second-order valence-electron chi connectivity index (χ2n) is 5.26. The number of amidine groups is 1. The molecule has 0 amide bonds. The third-order valence-corrected chi connectivity index (χ3v) is 2.56. The molecule has 1 aromatic carbocycles. The van der Waals surface area contributed by atoms with Gasteiger partial charge in [0.15, 0.2) is 5.84 Å². The maximum Gasteiger partial charge on any atom is 0.505 e. The fraction of sp³-hybridized carbons (Fsp3) is 0.385. The van der Waals surface area contributed by atoms with Crippen molar-refractivity contribution >= 4 is 28.9 Å². The number of hydrazine groups is 1. The molecule has 0 spiro atoms. The largest absolute Gasteiger partial charge is 0.505 e. The minimum atomic E-state index is -4.84. The highest BCUT2D eigenvalue weighted by molar-refractivity contribution is 6.40. The summed E-state index contributed by atoms with van der Waals surface area (Å²) in [5.41, 5.74) is 4.13. The summed E-state index contributed by atoms with van der Waals surface area (Å²) in [4.78, 5) is 14.4. The molecule has 1 aromatic rings. The van der Waals surface area contributed by atoms with Gasteiger partial charge < -0.3 is 0 Å². The molecular formula is C13H15ClF3N3O. The number of benzene rings is 1. The number of nitrogens with one attached hydrogen (secondary N) is 2. The number of hydrogen-bond donors (Lipinski definition) is 2. The van der Waals surface area contributed by atoms with Crippen molar-refractivity contribution in [2.24, 2.45) is 10.4 Å². The van der Waals surface area contributed by atoms with Crippen LogP contribution in [0.25, 0.3) is 0 Å². The van der Waals surface area contributed by atoms with Crippen LogP contribution in [0.5, 0.6) is 0 Å². The van der Waals surface area contributed by atoms with Gasteiger partial charge in [-0.15, -0.1) is 13.2 Å². The van der Waals surface area contributed by atoms with Gasteiger partial charge in [0.2, 0.25) is 5.78 Å². The van der Waals surface area contributed by atoms with Gasteiger partial charge in [-0.2, -0.15) is 4.99 Å². The van der Waals surface area contributed by atoms with Crippen LogP contribution in [-0.4, -0.2) is 17.9 Å². The van der Waals surface area contributed by atoms with Crippen molar-refractivity contribution in [3.8, 4) is 0 Å². The smallest absolute Gasteiger partial charge is 0.300 e. The third kappa shape index (κ3) is 6.03. The lowest BCUT2D eigenvalue weighted by Crippen LogP contribution is -2.42. The average Bonchev–Trinajstić information content (AvgIpc) is 2.33. The maximum atomic E-state index is 12.4. The van der Waals surface area contributed by atoms with Gasteiger partial charge >= 0.3 is 6.30 Å². The van der Waals surface area contributed by atoms with Gasteiger partial charge in [-0.25, -0.2) is 0 Å². The summed E-state index contributed by atoms with van der Waals surface area (Å²) in [7, 11) is 0. The Labute approximate surface area is 125 Å². The quantitative estimate of drug-likeness (QED) is 0.385. The summed E-state index contributed by atoms with van der Waals surface area (Å²) >= 11 is 5.70. The first kappa shape index (κ1) is 17.3. The lowest BCUT2D eigenvalue weighted by Gasteiger charge is -2.20. The van der Waals surface area contributed by atoms with Crippen LogP contribution in [0.15, 0.2) is 29.3 Å². The van der Waals surface area contributed by atoms with E-state index >= 15 is 0 Å². The van der Waals surface area contributed by atoms with Crippen LogP contribution in [0.2, 0.25) is 5.02 Å². The van der Waals surface area contributed by atoms with Crippen LogP contribution < -0.4 is 10.9 Å². The highest BCUT2D eigenvalue weighted by atomic mass is 35.5. The molecule has 0 radical (unpaired) electrons. The van der Waals surface area contributed by atoms with Crippen molar-refractivity contribution in [2.75, 3.05) is 5.43 Å². The maximum absolute atomic E-state index is 12.4. The Balaban J connectivity index is 2.91. The van der Waals surface area contributed by atoms with E-state index in [-0.39, 0.29) is 0 Å². The van der Waals surface area contributed by atoms with E-state index in [0.29, 0.717) is 10.7 Å². The monoisotopic (exact) mass is 321 g/mol. The van der Waals surface area contributed by atoms with Crippen molar-refractivity contribution in [1.82, 2.24) is 5.43 Å². The van der Waals surface area contributed by atoms with E-state index in [4.69, 9.17) is 11.6 Å². The number of ketones is 1. The van der Waals surface area contributed by atoms with E-state index < -0.39 is 23.3 Å². The number of Topliss-reactive ketones (excluding diaryl/α,β-unsaturated/α-hetero) is 1. The van der Waals surface area contributed by atoms with Gasteiger partial charge in [0.25, 0.3) is 0 Å². The molecule has 0 bridgehead atoms. The number of halogens is 4. The summed E-state index contributed by atoms with van der Waals surface area (Å²) in [6.45, 7) is 4.52. The number of rotatable bonds is 3. The molecule has 2 N–H and O–H groups in total. The van der Waals surface area contributed by atoms with Crippen molar-refractivity contribution in [1.29, 1.82) is 0 Å². The van der Waals surface area contributed by atoms with Gasteiger partial charge in [-0.3, -0.25) is 15.6 Å². The molecule has 116 valence electrons. The van der Waals surface area contributed by atoms with Crippen molar-refractivity contribution in [3.63, 3.8) is 0 Å². The summed E-state index contributed by atoms with van der Waals surface area (Å²) in [5.74, 6) is -1.56. The Bertz CT molecular complexity index is 533. The number of carbonyl (C=O) groups is 1. The Morgan fingerprint density at radius 3 is 2.10 bits per heavy atom. The molecule has 4 nitrogen and oxygen atoms in total. The van der Waals surface area contributed by atoms with Crippen LogP contribution in [0.1, 0.15) is 20.8 Å². The molecule has 0 aliphatic rings. The predicted molar refractivity (Wildman–Crippen MR) is 76.2 cm³/mol. The molecular weight excluding hydrogens is 307 g/mol. The third-order valence-electron chi connectivity index (χ3n) is 2.30. The molecule has 1 rings (SSSR count). The highest BCUT2D eigenvalue weighted by Crippen LogP contribution is 2.20. The van der Waals surface area contributed by atoms with Crippen LogP contribution in [0.4, 0.5) is 18.9 Å². The summed E-state index contributed by atoms with van der Waals surface area (Å²) in [6.07, 6.45) is -4.84. The van der Waals surface area contributed by atoms with Crippen LogP contribution in [-0.2, 0) is 4.79 Å². The van der Waals surface area contributed by atoms with E-state index in [9.17, 15) is 18.0 Å². The van der Waals surface area contributed by atoms with E-state index in [0.717, 1.165) is 0 Å². The average molecular weight is 322 g/mol. The fourth-order valence-electron chi connectivity index (χ4n) is 1.28. The number of hydrogen-bond acceptors (Lipinski definition) is 3. The predicted octanol–water partition coefficient (Wildman–Crippen LogP) is 3.79. The first-order chi connectivity index (χ1) is 9.49. The number of anilines is 1. The second kappa shape index (κ2) is 6.34. The Kier molecular flexibility index (Phi) is 5.22. The zero-order valence-electron chi connectivity index (χ0n) is 11.7. The molecule has 0 aliphatic heterocycles. The molecule has 0 saturated carbocycles. The molecule has 21 heavy (non-hydrogen) atoms. The number of nitrogens with zero attached hydrogens (tertiary/aromatic N) is 1. The lowest BCUT2D eigenvalue weighted by molar-refractivity contribution is -0.126. The fourth-order valence-corrected chi connectivity index (χ4v) is 1.41. The van der Waals surface area contributed by atoms with E-state index in [1.54, 1.807) is 24.3 Å². The summed E-state index contributed by atoms with van der Waals surface area (Å²) < 4.78 is 37.2. The number of carbonyl (C=O) groups excluding carboxylic acids is 1. The summed E-state index contributed by atoms with van der Waals surface area (Å²) in [6, 6.07) is 6.19. The van der Waals surface area contributed by atoms with Crippen LogP contribution in [0.3, 0.4) is 0 Å². The zero-order valence-corrected chi connectivity index (χ0v) is 12.4. The molecule has 0 heterocycles. The Hall–Kier alpha value is -1.76. The Morgan fingerprint density at radius 2 is 1.67 bits per heavy atom. The minimum absolute atomic E-state index is 0.441. The normalized spacial score (nSPS) is 13.0. The van der Waals surface area contributed by atoms with Crippen molar-refractivity contribution in [3.05, 3.63) is 29.3 Å². The van der Waals surface area contributed by atoms with Gasteiger partial charge in [0.1, 0.15) is 0 Å². The van der Waals surface area contributed by atoms with Gasteiger partial charge in [0.05, 0.1) is 5.69 Å². The molecule has 0 fully saturated rings. The van der Waals surface area contributed by atoms with E-state index in [2.05, 4.69) is 15.8 Å². The molecule has 0 aromatic heterocycles. The Morgan fingerprint density at radius 1 is 1.14 bits per heavy atom. The molecule has 0 unspecified atom stereocenters. The first-order valence-electron chi connectivity index (χ1n) is 5.98. The molecule has 0 aliphatic carbocycles. The van der Waals surface area contributed by atoms with Crippen LogP contribution in [0, 0.1) is 5.41 Å². The number of aliphatic imine (C=N–C) groups is 1. The molecule has 0 saturated heterocycles. The minimum Gasteiger partial charge on any atom is -0.300 e. The zero-order chi connectivity index (χ0) is 16.3. The lowest BCUT2D eigenvalue weighted by atomic mass is 9.90. The summed E-state index contributed by atoms with van der Waals surface area (Å²) in [5, 5.41) is 0.482. The van der Waals surface area contributed by atoms with Gasteiger partial charge in [-0.1, -0.05) is 32.4 Å². The first-order valence-corrected chi connectivity index (χ1v) is 6.36. The van der Waals surface area contributed by atoms with Gasteiger partial charge in [-0.05, 0) is 24.3 Å². The second-order valence-corrected chi connectivity index (χ2v) is 5.70. The van der Waals surface area contributed by atoms with Crippen LogP contribution >= 0.6 is 11.6 Å². The van der Waals surface area contributed by atoms with E-state index in [1.165, 1.54) is 20.8 Å². The SMILES string of the molecule is CC(C)(C)C(=O)C(=NC(F)(F)F)NNc1ccc(Cl)cc1. The molecule has 0 atom stereocenters. The van der Waals surface area contributed by atoms with Gasteiger partial charge in [0, 0.05) is 10.4 Å². The van der Waals surface area contributed by atoms with Crippen molar-refractivity contribution < 1.29 is 18.0 Å². The van der Waals surface area contributed by atoms with Crippen molar-refractivity contribution in [2.45, 2.75) is 27.1 Å². The highest BCUT2D eigenvalue weighted by Gasteiger charge is 2.33. The standard InChI is InChI=1S/C13H15ClF3N3O/c1-12(2,3)10(21)11(18-13(15,16)17)20-19-9-6-4-8(14)5-7-9/h4-7,19H,1-3H3,(H,18,20).